The monoisotopic (exact) mass is 426 g/mol. The number of Topliss-reactive ketones (excluding diaryl/α,β-unsaturated/α-hetero) is 1. The largest absolute Gasteiger partial charge is 0.330 e. The van der Waals surface area contributed by atoms with Gasteiger partial charge in [0.1, 0.15) is 35.2 Å². The number of hydrogen-bond donors (Lipinski definition) is 1. The Bertz CT molecular complexity index is 1290. The first-order chi connectivity index (χ1) is 14.7. The summed E-state index contributed by atoms with van der Waals surface area (Å²) in [6.07, 6.45) is 0.963. The molecule has 1 aliphatic rings. The summed E-state index contributed by atoms with van der Waals surface area (Å²) in [5.74, 6) is -1.71. The van der Waals surface area contributed by atoms with Crippen molar-refractivity contribution in [1.82, 2.24) is 24.1 Å². The first-order valence-corrected chi connectivity index (χ1v) is 9.56. The highest BCUT2D eigenvalue weighted by molar-refractivity contribution is 5.99. The molecule has 4 heterocycles. The number of anilines is 1. The molecule has 0 fully saturated rings. The van der Waals surface area contributed by atoms with Crippen LogP contribution in [0.25, 0.3) is 5.65 Å². The molecule has 0 radical (unpaired) electrons. The molecule has 3 aromatic rings. The fourth-order valence-electron chi connectivity index (χ4n) is 3.51. The van der Waals surface area contributed by atoms with Crippen LogP contribution in [0.4, 0.5) is 10.2 Å². The number of aromatic nitrogens is 4. The van der Waals surface area contributed by atoms with Gasteiger partial charge < -0.3 is 14.8 Å². The highest BCUT2D eigenvalue weighted by Crippen LogP contribution is 2.24. The van der Waals surface area contributed by atoms with Crippen LogP contribution in [0.3, 0.4) is 0 Å². The quantitative estimate of drug-likeness (QED) is 0.613. The number of nitrogens with one attached hydrogen (secondary N) is 1. The molecular weight excluding hydrogens is 407 g/mol. The number of carbonyl (C=O) groups excluding carboxylic acids is 3. The average Bonchev–Trinajstić information content (AvgIpc) is 3.30. The first kappa shape index (κ1) is 20.4. The molecule has 0 saturated heterocycles. The minimum absolute atomic E-state index is 0.0447. The fourth-order valence-corrected chi connectivity index (χ4v) is 3.51. The van der Waals surface area contributed by atoms with Crippen molar-refractivity contribution in [3.05, 3.63) is 57.5 Å². The topological polar surface area (TPSA) is 119 Å². The van der Waals surface area contributed by atoms with Gasteiger partial charge in [-0.05, 0) is 26.0 Å². The first-order valence-electron chi connectivity index (χ1n) is 9.56. The predicted octanol–water partition coefficient (Wildman–Crippen LogP) is 1.24. The number of ketones is 1. The molecule has 0 unspecified atom stereocenters. The van der Waals surface area contributed by atoms with Crippen molar-refractivity contribution in [2.45, 2.75) is 39.9 Å². The lowest BCUT2D eigenvalue weighted by molar-refractivity contribution is -0.116. The second-order valence-electron chi connectivity index (χ2n) is 7.51. The second kappa shape index (κ2) is 7.42. The van der Waals surface area contributed by atoms with Gasteiger partial charge in [0.15, 0.2) is 5.78 Å². The Labute approximate surface area is 175 Å². The van der Waals surface area contributed by atoms with E-state index in [4.69, 9.17) is 0 Å². The summed E-state index contributed by atoms with van der Waals surface area (Å²) >= 11 is 0. The smallest absolute Gasteiger partial charge is 0.280 e. The average molecular weight is 426 g/mol. The van der Waals surface area contributed by atoms with Crippen LogP contribution in [-0.4, -0.2) is 47.7 Å². The van der Waals surface area contributed by atoms with Crippen molar-refractivity contribution >= 4 is 29.1 Å². The van der Waals surface area contributed by atoms with E-state index < -0.39 is 17.3 Å². The number of fused-ring (bicyclic) bond motifs is 2. The Hall–Kier alpha value is -3.89. The van der Waals surface area contributed by atoms with Crippen molar-refractivity contribution in [3.63, 3.8) is 0 Å². The van der Waals surface area contributed by atoms with Crippen molar-refractivity contribution in [2.24, 2.45) is 0 Å². The van der Waals surface area contributed by atoms with Crippen molar-refractivity contribution in [2.75, 3.05) is 5.32 Å². The third kappa shape index (κ3) is 3.47. The number of nitrogens with zero attached hydrogens (tertiary/aromatic N) is 5. The van der Waals surface area contributed by atoms with Gasteiger partial charge in [-0.25, -0.2) is 9.37 Å². The summed E-state index contributed by atoms with van der Waals surface area (Å²) in [7, 11) is 0. The van der Waals surface area contributed by atoms with E-state index in [0.29, 0.717) is 0 Å². The summed E-state index contributed by atoms with van der Waals surface area (Å²) < 4.78 is 15.5. The maximum atomic E-state index is 13.1. The highest BCUT2D eigenvalue weighted by Gasteiger charge is 2.36. The Morgan fingerprint density at radius 3 is 2.61 bits per heavy atom. The molecule has 0 bridgehead atoms. The number of carbonyl (C=O) groups is 3. The zero-order chi connectivity index (χ0) is 22.4. The van der Waals surface area contributed by atoms with Crippen LogP contribution in [0.1, 0.15) is 47.3 Å². The van der Waals surface area contributed by atoms with E-state index in [1.807, 2.05) is 13.8 Å². The van der Waals surface area contributed by atoms with E-state index in [1.165, 1.54) is 28.5 Å². The van der Waals surface area contributed by atoms with Crippen LogP contribution in [0.2, 0.25) is 0 Å². The second-order valence-corrected chi connectivity index (χ2v) is 7.51. The Morgan fingerprint density at radius 1 is 1.26 bits per heavy atom. The molecule has 2 amide bonds. The van der Waals surface area contributed by atoms with Crippen LogP contribution in [-0.2, 0) is 17.9 Å². The van der Waals surface area contributed by atoms with E-state index in [2.05, 4.69) is 15.4 Å². The standard InChI is InChI=1S/C20H19FN6O4/c1-10(2)25-8-13-18(20(25)31)26(9-16(29)23-15-5-4-12(21)7-22-15)17-6-14(11(3)28)24-27(17)19(13)30/h4-7,10H,8-9H2,1-3H3,(H,22,23,29). The number of hydrogen-bond acceptors (Lipinski definition) is 6. The van der Waals surface area contributed by atoms with E-state index in [9.17, 15) is 23.6 Å². The van der Waals surface area contributed by atoms with Crippen molar-refractivity contribution < 1.29 is 18.8 Å². The summed E-state index contributed by atoms with van der Waals surface area (Å²) in [4.78, 5) is 55.8. The molecule has 31 heavy (non-hydrogen) atoms. The third-order valence-electron chi connectivity index (χ3n) is 5.05. The van der Waals surface area contributed by atoms with Crippen LogP contribution >= 0.6 is 0 Å². The van der Waals surface area contributed by atoms with Crippen LogP contribution < -0.4 is 10.9 Å². The molecule has 11 heteroatoms. The zero-order valence-corrected chi connectivity index (χ0v) is 17.0. The van der Waals surface area contributed by atoms with Gasteiger partial charge in [-0.3, -0.25) is 19.2 Å². The lowest BCUT2D eigenvalue weighted by atomic mass is 10.2. The lowest BCUT2D eigenvalue weighted by Gasteiger charge is -2.20. The van der Waals surface area contributed by atoms with Gasteiger partial charge in [0.2, 0.25) is 5.91 Å². The highest BCUT2D eigenvalue weighted by atomic mass is 19.1. The predicted molar refractivity (Wildman–Crippen MR) is 107 cm³/mol. The molecule has 0 aliphatic carbocycles. The van der Waals surface area contributed by atoms with Gasteiger partial charge in [-0.2, -0.15) is 9.61 Å². The molecule has 1 aliphatic heterocycles. The Morgan fingerprint density at radius 2 is 2.00 bits per heavy atom. The molecule has 10 nitrogen and oxygen atoms in total. The van der Waals surface area contributed by atoms with Crippen molar-refractivity contribution in [3.8, 4) is 0 Å². The summed E-state index contributed by atoms with van der Waals surface area (Å²) in [6.45, 7) is 4.70. The molecule has 4 rings (SSSR count). The maximum Gasteiger partial charge on any atom is 0.280 e. The minimum atomic E-state index is -0.548. The van der Waals surface area contributed by atoms with Gasteiger partial charge in [0.25, 0.3) is 11.5 Å². The van der Waals surface area contributed by atoms with Crippen LogP contribution in [0.5, 0.6) is 0 Å². The van der Waals surface area contributed by atoms with Gasteiger partial charge in [-0.15, -0.1) is 0 Å². The number of rotatable bonds is 5. The molecule has 0 atom stereocenters. The normalized spacial score (nSPS) is 13.2. The van der Waals surface area contributed by atoms with Gasteiger partial charge in [0, 0.05) is 19.0 Å². The Kier molecular flexibility index (Phi) is 4.88. The molecule has 1 N–H and O–H groups in total. The Balaban J connectivity index is 1.82. The molecule has 0 saturated carbocycles. The van der Waals surface area contributed by atoms with Crippen LogP contribution in [0.15, 0.2) is 29.2 Å². The van der Waals surface area contributed by atoms with Crippen molar-refractivity contribution in [1.29, 1.82) is 0 Å². The maximum absolute atomic E-state index is 13.1. The van der Waals surface area contributed by atoms with E-state index in [-0.39, 0.29) is 59.2 Å². The number of amides is 2. The van der Waals surface area contributed by atoms with Gasteiger partial charge in [-0.1, -0.05) is 0 Å². The minimum Gasteiger partial charge on any atom is -0.330 e. The fraction of sp³-hybridized carbons (Fsp3) is 0.300. The molecular formula is C20H19FN6O4. The molecule has 160 valence electrons. The summed E-state index contributed by atoms with van der Waals surface area (Å²) in [6, 6.07) is 3.67. The molecule has 0 spiro atoms. The van der Waals surface area contributed by atoms with E-state index in [0.717, 1.165) is 16.8 Å². The molecule has 0 aromatic carbocycles. The summed E-state index contributed by atoms with van der Waals surface area (Å²) in [5, 5.41) is 6.59. The third-order valence-corrected chi connectivity index (χ3v) is 5.05. The van der Waals surface area contributed by atoms with Gasteiger partial charge in [0.05, 0.1) is 18.3 Å². The SMILES string of the molecule is CC(=O)c1cc2n(CC(=O)Nc3ccc(F)cn3)c3c(c(=O)n2n1)CN(C(C)C)C3=O. The van der Waals surface area contributed by atoms with Crippen LogP contribution in [0, 0.1) is 5.82 Å². The number of pyridine rings is 1. The zero-order valence-electron chi connectivity index (χ0n) is 17.0. The summed E-state index contributed by atoms with van der Waals surface area (Å²) in [5.41, 5.74) is -0.0233. The van der Waals surface area contributed by atoms with Gasteiger partial charge >= 0.3 is 0 Å². The van der Waals surface area contributed by atoms with E-state index in [1.54, 1.807) is 0 Å². The number of halogens is 1. The lowest BCUT2D eigenvalue weighted by Crippen LogP contribution is -2.32. The van der Waals surface area contributed by atoms with E-state index >= 15 is 0 Å². The molecule has 3 aromatic heterocycles.